The number of aromatic nitrogens is 1. The van der Waals surface area contributed by atoms with E-state index in [1.54, 1.807) is 0 Å². The topological polar surface area (TPSA) is 105 Å². The van der Waals surface area contributed by atoms with Crippen LogP contribution in [-0.2, 0) is 21.0 Å². The summed E-state index contributed by atoms with van der Waals surface area (Å²) >= 11 is 1.06. The van der Waals surface area contributed by atoms with Gasteiger partial charge in [0.1, 0.15) is 11.4 Å². The van der Waals surface area contributed by atoms with Gasteiger partial charge in [-0.1, -0.05) is 6.07 Å². The Morgan fingerprint density at radius 2 is 1.43 bits per heavy atom. The van der Waals surface area contributed by atoms with Crippen molar-refractivity contribution in [1.82, 2.24) is 4.98 Å². The summed E-state index contributed by atoms with van der Waals surface area (Å²) in [5, 5.41) is 16.9. The molecule has 0 radical (unpaired) electrons. The summed E-state index contributed by atoms with van der Waals surface area (Å²) in [6.45, 7) is 0. The van der Waals surface area contributed by atoms with Crippen molar-refractivity contribution in [1.29, 1.82) is 0 Å². The first-order valence-corrected chi connectivity index (χ1v) is 3.80. The van der Waals surface area contributed by atoms with Crippen LogP contribution in [0.2, 0.25) is 0 Å². The third-order valence-electron chi connectivity index (χ3n) is 1.19. The summed E-state index contributed by atoms with van der Waals surface area (Å²) in [5.74, 6) is -2.48. The molecule has 14 heavy (non-hydrogen) atoms. The summed E-state index contributed by atoms with van der Waals surface area (Å²) < 4.78 is 8.19. The van der Waals surface area contributed by atoms with Gasteiger partial charge in [0, 0.05) is 0 Å². The second-order valence-electron chi connectivity index (χ2n) is 2.02. The van der Waals surface area contributed by atoms with Gasteiger partial charge in [-0.3, -0.25) is 0 Å². The van der Waals surface area contributed by atoms with E-state index in [1.807, 2.05) is 0 Å². The Balaban J connectivity index is 0.000000791. The normalized spacial score (nSPS) is 8.21. The van der Waals surface area contributed by atoms with E-state index in [0.717, 1.165) is 17.4 Å². The van der Waals surface area contributed by atoms with Crippen LogP contribution in [0.4, 0.5) is 0 Å². The fourth-order valence-corrected chi connectivity index (χ4v) is 0.673. The minimum absolute atomic E-state index is 0.269. The number of carboxylic acids is 2. The number of carbonyl (C=O) groups is 2. The van der Waals surface area contributed by atoms with E-state index in [9.17, 15) is 9.59 Å². The van der Waals surface area contributed by atoms with E-state index in [2.05, 4.69) is 4.98 Å². The molecule has 0 aliphatic carbocycles. The van der Waals surface area contributed by atoms with Crippen LogP contribution in [0.15, 0.2) is 18.2 Å². The van der Waals surface area contributed by atoms with E-state index < -0.39 is 11.9 Å². The molecule has 0 spiro atoms. The number of pyridine rings is 1. The number of aromatic carboxylic acids is 2. The van der Waals surface area contributed by atoms with Crippen LogP contribution < -0.4 is 0 Å². The number of rotatable bonds is 2. The molecule has 0 atom stereocenters. The maximum absolute atomic E-state index is 10.3. The van der Waals surface area contributed by atoms with E-state index in [0.29, 0.717) is 0 Å². The molecule has 0 amide bonds. The van der Waals surface area contributed by atoms with E-state index in [-0.39, 0.29) is 11.4 Å². The van der Waals surface area contributed by atoms with Crippen LogP contribution in [0.1, 0.15) is 21.0 Å². The summed E-state index contributed by atoms with van der Waals surface area (Å²) in [4.78, 5) is 24.0. The van der Waals surface area contributed by atoms with Gasteiger partial charge in [0.15, 0.2) is 0 Å². The van der Waals surface area contributed by atoms with Gasteiger partial charge < -0.3 is 10.2 Å². The number of hydrogen-bond acceptors (Lipinski definition) is 4. The van der Waals surface area contributed by atoms with Gasteiger partial charge in [-0.05, 0) is 12.1 Å². The van der Waals surface area contributed by atoms with Crippen molar-refractivity contribution in [2.75, 3.05) is 0 Å². The van der Waals surface area contributed by atoms with Crippen molar-refractivity contribution >= 4 is 11.9 Å². The Kier molecular flexibility index (Phi) is 5.35. The Morgan fingerprint density at radius 3 is 1.71 bits per heavy atom. The minimum atomic E-state index is -1.24. The molecule has 2 N–H and O–H groups in total. The van der Waals surface area contributed by atoms with Gasteiger partial charge in [-0.25, -0.2) is 14.6 Å². The molecule has 1 rings (SSSR count). The molecule has 0 saturated heterocycles. The molecule has 0 saturated carbocycles. The fraction of sp³-hybridized carbons (Fsp3) is 0. The monoisotopic (exact) mass is 234 g/mol. The molecular formula is C7H5NO5V. The molecule has 0 aromatic carbocycles. The summed E-state index contributed by atoms with van der Waals surface area (Å²) in [7, 11) is 0. The Morgan fingerprint density at radius 1 is 1.07 bits per heavy atom. The third kappa shape index (κ3) is 3.46. The fourth-order valence-electron chi connectivity index (χ4n) is 0.673. The average Bonchev–Trinajstić information content (AvgIpc) is 2.21. The second-order valence-corrected chi connectivity index (χ2v) is 2.02. The molecule has 1 heterocycles. The molecule has 0 bridgehead atoms. The van der Waals surface area contributed by atoms with Crippen molar-refractivity contribution < 1.29 is 40.8 Å². The Hall–Kier alpha value is -1.53. The third-order valence-corrected chi connectivity index (χ3v) is 1.19. The summed E-state index contributed by atoms with van der Waals surface area (Å²) in [6.07, 6.45) is 0. The number of nitrogens with zero attached hydrogens (tertiary/aromatic N) is 1. The quantitative estimate of drug-likeness (QED) is 0.765. The predicted molar refractivity (Wildman–Crippen MR) is 38.8 cm³/mol. The van der Waals surface area contributed by atoms with Gasteiger partial charge in [0.2, 0.25) is 0 Å². The molecule has 73 valence electrons. The van der Waals surface area contributed by atoms with Gasteiger partial charge >= 0.3 is 33.0 Å². The summed E-state index contributed by atoms with van der Waals surface area (Å²) in [5.41, 5.74) is -0.537. The van der Waals surface area contributed by atoms with E-state index >= 15 is 0 Å². The molecule has 7 heteroatoms. The van der Waals surface area contributed by atoms with Crippen LogP contribution in [-0.4, -0.2) is 27.1 Å². The molecule has 6 nitrogen and oxygen atoms in total. The van der Waals surface area contributed by atoms with Crippen molar-refractivity contribution in [3.8, 4) is 0 Å². The number of hydrogen-bond donors (Lipinski definition) is 2. The molecule has 1 aromatic rings. The molecule has 0 unspecified atom stereocenters. The first-order valence-electron chi connectivity index (χ1n) is 3.23. The van der Waals surface area contributed by atoms with Crippen LogP contribution >= 0.6 is 0 Å². The maximum atomic E-state index is 10.3. The molecule has 0 fully saturated rings. The summed E-state index contributed by atoms with van der Waals surface area (Å²) in [6, 6.07) is 3.80. The Bertz CT molecular complexity index is 324. The second kappa shape index (κ2) is 6.01. The van der Waals surface area contributed by atoms with Gasteiger partial charge in [-0.2, -0.15) is 0 Å². The van der Waals surface area contributed by atoms with Gasteiger partial charge in [-0.15, -0.1) is 0 Å². The SMILES string of the molecule is O=C(O)c1cccc(C(=O)O)n1.[O]=[V]. The molecule has 0 aliphatic heterocycles. The number of carboxylic acid groups (broad SMARTS) is 2. The Labute approximate surface area is 87.8 Å². The first-order chi connectivity index (χ1) is 6.61. The zero-order valence-corrected chi connectivity index (χ0v) is 8.14. The molecular weight excluding hydrogens is 229 g/mol. The van der Waals surface area contributed by atoms with Crippen LogP contribution in [0.3, 0.4) is 0 Å². The van der Waals surface area contributed by atoms with Crippen LogP contribution in [0.25, 0.3) is 0 Å². The van der Waals surface area contributed by atoms with Gasteiger partial charge in [0.25, 0.3) is 0 Å². The van der Waals surface area contributed by atoms with E-state index in [1.165, 1.54) is 18.2 Å². The predicted octanol–water partition coefficient (Wildman–Crippen LogP) is 0.357. The first kappa shape index (κ1) is 12.5. The van der Waals surface area contributed by atoms with Gasteiger partial charge in [0.05, 0.1) is 0 Å². The zero-order valence-electron chi connectivity index (χ0n) is 6.75. The van der Waals surface area contributed by atoms with Crippen LogP contribution in [0, 0.1) is 0 Å². The molecule has 0 aliphatic rings. The van der Waals surface area contributed by atoms with Crippen molar-refractivity contribution in [3.63, 3.8) is 0 Å². The average molecular weight is 234 g/mol. The van der Waals surface area contributed by atoms with Crippen molar-refractivity contribution in [3.05, 3.63) is 29.6 Å². The zero-order chi connectivity index (χ0) is 11.1. The van der Waals surface area contributed by atoms with Crippen molar-refractivity contribution in [2.45, 2.75) is 0 Å². The van der Waals surface area contributed by atoms with Crippen molar-refractivity contribution in [2.24, 2.45) is 0 Å². The molecule has 1 aromatic heterocycles. The van der Waals surface area contributed by atoms with Crippen LogP contribution in [0.5, 0.6) is 0 Å². The standard InChI is InChI=1S/C7H5NO4.O.V/c9-6(10)4-2-1-3-5(8-4)7(11)12;;/h1-3H,(H,9,10)(H,11,12);;. The van der Waals surface area contributed by atoms with E-state index in [4.69, 9.17) is 13.9 Å².